The van der Waals surface area contributed by atoms with Gasteiger partial charge >= 0.3 is 11.1 Å². The molecule has 2 rings (SSSR count). The summed E-state index contributed by atoms with van der Waals surface area (Å²) in [5.74, 6) is -0.439. The number of aromatic nitrogens is 2. The van der Waals surface area contributed by atoms with Crippen molar-refractivity contribution in [3.8, 4) is 0 Å². The molecule has 2 N–H and O–H groups in total. The Hall–Kier alpha value is -1.95. The molecule has 0 saturated heterocycles. The number of aromatic amines is 1. The first kappa shape index (κ1) is 12.5. The molecule has 0 saturated carbocycles. The smallest absolute Gasteiger partial charge is 0.316 e. The highest BCUT2D eigenvalue weighted by Gasteiger charge is 2.09. The Morgan fingerprint density at radius 2 is 2.11 bits per heavy atom. The van der Waals surface area contributed by atoms with E-state index in [0.29, 0.717) is 17.5 Å². The van der Waals surface area contributed by atoms with E-state index >= 15 is 0 Å². The van der Waals surface area contributed by atoms with Gasteiger partial charge in [0.1, 0.15) is 5.82 Å². The Bertz CT molecular complexity index is 703. The number of rotatable bonds is 3. The zero-order chi connectivity index (χ0) is 13.3. The van der Waals surface area contributed by atoms with E-state index in [4.69, 9.17) is 5.11 Å². The first-order chi connectivity index (χ1) is 8.54. The van der Waals surface area contributed by atoms with Crippen molar-refractivity contribution in [2.75, 3.05) is 6.61 Å². The van der Waals surface area contributed by atoms with Gasteiger partial charge in [0.15, 0.2) is 0 Å². The lowest BCUT2D eigenvalue weighted by atomic mass is 10.2. The summed E-state index contributed by atoms with van der Waals surface area (Å²) in [6.07, 6.45) is 0.356. The Kier molecular flexibility index (Phi) is 3.29. The van der Waals surface area contributed by atoms with Crippen LogP contribution in [0.25, 0.3) is 11.0 Å². The number of benzene rings is 1. The van der Waals surface area contributed by atoms with Crippen LogP contribution in [-0.4, -0.2) is 21.3 Å². The highest BCUT2D eigenvalue weighted by atomic mass is 19.1. The van der Waals surface area contributed by atoms with E-state index in [1.807, 2.05) is 0 Å². The maximum absolute atomic E-state index is 13.4. The fourth-order valence-electron chi connectivity index (χ4n) is 1.85. The number of hydrogen-bond donors (Lipinski definition) is 2. The monoisotopic (exact) mass is 252 g/mol. The Morgan fingerprint density at radius 3 is 2.78 bits per heavy atom. The fraction of sp³-hybridized carbons (Fsp3) is 0.333. The molecule has 18 heavy (non-hydrogen) atoms. The van der Waals surface area contributed by atoms with Crippen LogP contribution in [0.5, 0.6) is 0 Å². The van der Waals surface area contributed by atoms with E-state index in [0.717, 1.165) is 0 Å². The molecule has 0 spiro atoms. The lowest BCUT2D eigenvalue weighted by Gasteiger charge is -2.09. The van der Waals surface area contributed by atoms with Gasteiger partial charge in [-0.3, -0.25) is 9.59 Å². The Morgan fingerprint density at radius 1 is 1.39 bits per heavy atom. The van der Waals surface area contributed by atoms with Gasteiger partial charge in [0.2, 0.25) is 0 Å². The van der Waals surface area contributed by atoms with Crippen LogP contribution in [0.2, 0.25) is 0 Å². The van der Waals surface area contributed by atoms with Crippen LogP contribution >= 0.6 is 0 Å². The minimum absolute atomic E-state index is 0.0824. The predicted molar refractivity (Wildman–Crippen MR) is 65.2 cm³/mol. The highest BCUT2D eigenvalue weighted by molar-refractivity contribution is 5.75. The standard InChI is InChI=1S/C12H13FN2O3/c1-7-5-10-9(6-8(7)13)14-11(17)12(18)15(10)3-2-4-16/h5-6,16H,2-4H2,1H3,(H,14,17). The highest BCUT2D eigenvalue weighted by Crippen LogP contribution is 2.15. The first-order valence-electron chi connectivity index (χ1n) is 5.58. The van der Waals surface area contributed by atoms with Gasteiger partial charge in [-0.15, -0.1) is 0 Å². The summed E-state index contributed by atoms with van der Waals surface area (Å²) in [6, 6.07) is 2.71. The van der Waals surface area contributed by atoms with Crippen molar-refractivity contribution in [1.82, 2.24) is 9.55 Å². The van der Waals surface area contributed by atoms with Crippen LogP contribution in [0.4, 0.5) is 4.39 Å². The Labute approximate surface area is 102 Å². The largest absolute Gasteiger partial charge is 0.396 e. The molecule has 0 atom stereocenters. The van der Waals surface area contributed by atoms with Crippen LogP contribution in [0.15, 0.2) is 21.7 Å². The second-order valence-electron chi connectivity index (χ2n) is 4.11. The summed E-state index contributed by atoms with van der Waals surface area (Å²) in [5.41, 5.74) is -0.343. The van der Waals surface area contributed by atoms with Gasteiger partial charge < -0.3 is 14.7 Å². The second kappa shape index (κ2) is 4.73. The van der Waals surface area contributed by atoms with E-state index in [1.54, 1.807) is 6.92 Å². The maximum atomic E-state index is 13.4. The molecular formula is C12H13FN2O3. The van der Waals surface area contributed by atoms with E-state index in [9.17, 15) is 14.0 Å². The van der Waals surface area contributed by atoms with Crippen molar-refractivity contribution in [2.24, 2.45) is 0 Å². The number of halogens is 1. The minimum atomic E-state index is -0.788. The van der Waals surface area contributed by atoms with E-state index in [2.05, 4.69) is 4.98 Å². The Balaban J connectivity index is 2.79. The quantitative estimate of drug-likeness (QED) is 0.782. The van der Waals surface area contributed by atoms with Gasteiger partial charge in [0.05, 0.1) is 11.0 Å². The number of aliphatic hydroxyl groups excluding tert-OH is 1. The number of fused-ring (bicyclic) bond motifs is 1. The lowest BCUT2D eigenvalue weighted by Crippen LogP contribution is -2.36. The molecule has 1 heterocycles. The number of hydrogen-bond acceptors (Lipinski definition) is 3. The molecule has 6 heteroatoms. The number of nitrogens with zero attached hydrogens (tertiary/aromatic N) is 1. The average molecular weight is 252 g/mol. The van der Waals surface area contributed by atoms with Gasteiger partial charge in [-0.05, 0) is 31.0 Å². The van der Waals surface area contributed by atoms with Crippen LogP contribution < -0.4 is 11.1 Å². The second-order valence-corrected chi connectivity index (χ2v) is 4.11. The topological polar surface area (TPSA) is 75.1 Å². The number of aryl methyl sites for hydroxylation is 2. The van der Waals surface area contributed by atoms with Crippen molar-refractivity contribution in [2.45, 2.75) is 19.9 Å². The number of aliphatic hydroxyl groups is 1. The molecule has 0 aliphatic carbocycles. The van der Waals surface area contributed by atoms with Crippen LogP contribution in [-0.2, 0) is 6.54 Å². The van der Waals surface area contributed by atoms with Gasteiger partial charge in [-0.2, -0.15) is 0 Å². The molecule has 1 aromatic heterocycles. The molecule has 0 aliphatic heterocycles. The van der Waals surface area contributed by atoms with Gasteiger partial charge in [-0.1, -0.05) is 0 Å². The van der Waals surface area contributed by atoms with Crippen LogP contribution in [0.3, 0.4) is 0 Å². The predicted octanol–water partition coefficient (Wildman–Crippen LogP) is 0.520. The lowest BCUT2D eigenvalue weighted by molar-refractivity contribution is 0.280. The number of nitrogens with one attached hydrogen (secondary N) is 1. The normalized spacial score (nSPS) is 11.1. The molecular weight excluding hydrogens is 239 g/mol. The fourth-order valence-corrected chi connectivity index (χ4v) is 1.85. The molecule has 1 aromatic carbocycles. The third-order valence-corrected chi connectivity index (χ3v) is 2.80. The molecule has 0 bridgehead atoms. The van der Waals surface area contributed by atoms with Gasteiger partial charge in [0, 0.05) is 13.2 Å². The van der Waals surface area contributed by atoms with Gasteiger partial charge in [-0.25, -0.2) is 4.39 Å². The summed E-state index contributed by atoms with van der Waals surface area (Å²) >= 11 is 0. The molecule has 5 nitrogen and oxygen atoms in total. The third kappa shape index (κ3) is 2.06. The summed E-state index contributed by atoms with van der Waals surface area (Å²) in [6.45, 7) is 1.72. The molecule has 0 amide bonds. The third-order valence-electron chi connectivity index (χ3n) is 2.80. The average Bonchev–Trinajstić information content (AvgIpc) is 2.33. The van der Waals surface area contributed by atoms with Crippen LogP contribution in [0, 0.1) is 12.7 Å². The number of H-pyrrole nitrogens is 1. The minimum Gasteiger partial charge on any atom is -0.396 e. The van der Waals surface area contributed by atoms with Crippen LogP contribution in [0.1, 0.15) is 12.0 Å². The maximum Gasteiger partial charge on any atom is 0.316 e. The summed E-state index contributed by atoms with van der Waals surface area (Å²) in [4.78, 5) is 25.5. The van der Waals surface area contributed by atoms with E-state index in [-0.39, 0.29) is 18.7 Å². The zero-order valence-electron chi connectivity index (χ0n) is 9.86. The van der Waals surface area contributed by atoms with Gasteiger partial charge in [0.25, 0.3) is 0 Å². The molecule has 0 fully saturated rings. The first-order valence-corrected chi connectivity index (χ1v) is 5.58. The van der Waals surface area contributed by atoms with E-state index in [1.165, 1.54) is 16.7 Å². The van der Waals surface area contributed by atoms with E-state index < -0.39 is 16.9 Å². The SMILES string of the molecule is Cc1cc2c(cc1F)[nH]c(=O)c(=O)n2CCCO. The van der Waals surface area contributed by atoms with Crippen molar-refractivity contribution in [1.29, 1.82) is 0 Å². The zero-order valence-corrected chi connectivity index (χ0v) is 9.86. The molecule has 0 unspecified atom stereocenters. The summed E-state index contributed by atoms with van der Waals surface area (Å²) < 4.78 is 14.7. The molecule has 0 radical (unpaired) electrons. The van der Waals surface area contributed by atoms with Crippen molar-refractivity contribution < 1.29 is 9.50 Å². The van der Waals surface area contributed by atoms with Crippen molar-refractivity contribution in [3.05, 3.63) is 44.2 Å². The molecule has 2 aromatic rings. The molecule has 0 aliphatic rings. The summed E-state index contributed by atoms with van der Waals surface area (Å²) in [7, 11) is 0. The van der Waals surface area contributed by atoms with Crippen molar-refractivity contribution >= 4 is 11.0 Å². The van der Waals surface area contributed by atoms with Crippen molar-refractivity contribution in [3.63, 3.8) is 0 Å². The summed E-state index contributed by atoms with van der Waals surface area (Å²) in [5, 5.41) is 8.80. The molecule has 96 valence electrons.